The van der Waals surface area contributed by atoms with Crippen molar-refractivity contribution in [2.45, 2.75) is 65.3 Å². The molecule has 0 saturated carbocycles. The van der Waals surface area contributed by atoms with Crippen LogP contribution in [-0.4, -0.2) is 36.0 Å². The van der Waals surface area contributed by atoms with Gasteiger partial charge in [0.2, 0.25) is 6.29 Å². The molecular formula is C12H23NO3. The van der Waals surface area contributed by atoms with E-state index in [1.54, 1.807) is 4.90 Å². The lowest BCUT2D eigenvalue weighted by Gasteiger charge is -2.23. The topological polar surface area (TPSA) is 38.8 Å². The SMILES string of the molecule is CCCCCOC1OC(=O)N(C(C)C)C1C. The number of nitrogens with zero attached hydrogens (tertiary/aromatic N) is 1. The van der Waals surface area contributed by atoms with Gasteiger partial charge in [-0.25, -0.2) is 4.79 Å². The Kier molecular flexibility index (Phi) is 5.06. The molecule has 0 bridgehead atoms. The van der Waals surface area contributed by atoms with E-state index in [0.717, 1.165) is 12.8 Å². The van der Waals surface area contributed by atoms with Gasteiger partial charge >= 0.3 is 6.09 Å². The van der Waals surface area contributed by atoms with Gasteiger partial charge in [-0.15, -0.1) is 0 Å². The molecule has 0 radical (unpaired) electrons. The Morgan fingerprint density at radius 2 is 2.12 bits per heavy atom. The van der Waals surface area contributed by atoms with E-state index in [1.165, 1.54) is 6.42 Å². The predicted molar refractivity (Wildman–Crippen MR) is 62.2 cm³/mol. The maximum absolute atomic E-state index is 11.5. The first-order chi connectivity index (χ1) is 7.57. The van der Waals surface area contributed by atoms with Crippen LogP contribution in [0.4, 0.5) is 4.79 Å². The van der Waals surface area contributed by atoms with Gasteiger partial charge in [0.1, 0.15) is 0 Å². The highest BCUT2D eigenvalue weighted by Gasteiger charge is 2.40. The average Bonchev–Trinajstić information content (AvgIpc) is 2.49. The van der Waals surface area contributed by atoms with Crippen LogP contribution in [0, 0.1) is 0 Å². The van der Waals surface area contributed by atoms with E-state index in [0.29, 0.717) is 6.61 Å². The third-order valence-electron chi connectivity index (χ3n) is 2.85. The van der Waals surface area contributed by atoms with Crippen LogP contribution in [0.3, 0.4) is 0 Å². The minimum atomic E-state index is -0.397. The van der Waals surface area contributed by atoms with Crippen molar-refractivity contribution in [2.75, 3.05) is 6.61 Å². The maximum atomic E-state index is 11.5. The molecule has 1 saturated heterocycles. The van der Waals surface area contributed by atoms with Crippen molar-refractivity contribution in [3.05, 3.63) is 0 Å². The summed E-state index contributed by atoms with van der Waals surface area (Å²) in [6, 6.07) is 0.167. The maximum Gasteiger partial charge on any atom is 0.412 e. The number of ether oxygens (including phenoxy) is 2. The second-order valence-electron chi connectivity index (χ2n) is 4.57. The molecule has 4 nitrogen and oxygen atoms in total. The van der Waals surface area contributed by atoms with Gasteiger partial charge in [-0.1, -0.05) is 19.8 Å². The molecule has 1 amide bonds. The monoisotopic (exact) mass is 229 g/mol. The first kappa shape index (κ1) is 13.3. The molecule has 1 rings (SSSR count). The molecule has 1 fully saturated rings. The molecule has 2 atom stereocenters. The summed E-state index contributed by atoms with van der Waals surface area (Å²) in [5.74, 6) is 0. The highest BCUT2D eigenvalue weighted by atomic mass is 16.7. The number of amides is 1. The largest absolute Gasteiger partial charge is 0.417 e. The van der Waals surface area contributed by atoms with Crippen LogP contribution < -0.4 is 0 Å². The molecule has 1 aliphatic rings. The minimum absolute atomic E-state index is 0.00845. The summed E-state index contributed by atoms with van der Waals surface area (Å²) >= 11 is 0. The third-order valence-corrected chi connectivity index (χ3v) is 2.85. The van der Waals surface area contributed by atoms with Gasteiger partial charge in [0.25, 0.3) is 0 Å². The van der Waals surface area contributed by atoms with Crippen LogP contribution >= 0.6 is 0 Å². The molecule has 0 aromatic rings. The van der Waals surface area contributed by atoms with Gasteiger partial charge < -0.3 is 9.47 Å². The first-order valence-electron chi connectivity index (χ1n) is 6.18. The summed E-state index contributed by atoms with van der Waals surface area (Å²) in [5, 5.41) is 0. The fraction of sp³-hybridized carbons (Fsp3) is 0.917. The Balaban J connectivity index is 2.37. The van der Waals surface area contributed by atoms with Crippen LogP contribution in [0.25, 0.3) is 0 Å². The Labute approximate surface area is 97.9 Å². The molecule has 0 aromatic heterocycles. The predicted octanol–water partition coefficient (Wildman–Crippen LogP) is 2.77. The number of carbonyl (C=O) groups excluding carboxylic acids is 1. The summed E-state index contributed by atoms with van der Waals surface area (Å²) in [6.07, 6.45) is 2.69. The molecule has 0 N–H and O–H groups in total. The standard InChI is InChI=1S/C12H23NO3/c1-5-6-7-8-15-11-10(4)13(9(2)3)12(14)16-11/h9-11H,5-8H2,1-4H3. The number of unbranched alkanes of at least 4 members (excludes halogenated alkanes) is 2. The molecule has 0 spiro atoms. The van der Waals surface area contributed by atoms with E-state index in [2.05, 4.69) is 6.92 Å². The van der Waals surface area contributed by atoms with Crippen molar-refractivity contribution in [3.8, 4) is 0 Å². The Hall–Kier alpha value is -0.770. The van der Waals surface area contributed by atoms with Crippen LogP contribution in [0.1, 0.15) is 47.0 Å². The lowest BCUT2D eigenvalue weighted by molar-refractivity contribution is -0.0939. The normalized spacial score (nSPS) is 25.3. The van der Waals surface area contributed by atoms with Gasteiger partial charge in [0, 0.05) is 6.04 Å². The van der Waals surface area contributed by atoms with Gasteiger partial charge in [-0.2, -0.15) is 0 Å². The Morgan fingerprint density at radius 3 is 2.62 bits per heavy atom. The van der Waals surface area contributed by atoms with E-state index < -0.39 is 6.29 Å². The molecule has 0 aromatic carbocycles. The zero-order chi connectivity index (χ0) is 12.1. The summed E-state index contributed by atoms with van der Waals surface area (Å²) in [6.45, 7) is 8.75. The lowest BCUT2D eigenvalue weighted by Crippen LogP contribution is -2.39. The highest BCUT2D eigenvalue weighted by molar-refractivity contribution is 5.70. The third kappa shape index (κ3) is 3.11. The fourth-order valence-corrected chi connectivity index (χ4v) is 1.96. The van der Waals surface area contributed by atoms with Gasteiger partial charge in [0.05, 0.1) is 12.6 Å². The molecule has 94 valence electrons. The number of hydrogen-bond acceptors (Lipinski definition) is 3. The van der Waals surface area contributed by atoms with Crippen LogP contribution in [-0.2, 0) is 9.47 Å². The van der Waals surface area contributed by atoms with E-state index in [-0.39, 0.29) is 18.2 Å². The number of hydrogen-bond donors (Lipinski definition) is 0. The zero-order valence-corrected chi connectivity index (χ0v) is 10.7. The molecular weight excluding hydrogens is 206 g/mol. The molecule has 16 heavy (non-hydrogen) atoms. The quantitative estimate of drug-likeness (QED) is 0.657. The second kappa shape index (κ2) is 6.09. The minimum Gasteiger partial charge on any atom is -0.417 e. The Bertz CT molecular complexity index is 230. The first-order valence-corrected chi connectivity index (χ1v) is 6.18. The number of cyclic esters (lactones) is 1. The molecule has 0 aliphatic carbocycles. The van der Waals surface area contributed by atoms with Crippen LogP contribution in [0.5, 0.6) is 0 Å². The molecule has 4 heteroatoms. The van der Waals surface area contributed by atoms with E-state index in [1.807, 2.05) is 20.8 Å². The van der Waals surface area contributed by atoms with Crippen LogP contribution in [0.2, 0.25) is 0 Å². The van der Waals surface area contributed by atoms with Crippen molar-refractivity contribution in [3.63, 3.8) is 0 Å². The average molecular weight is 229 g/mol. The zero-order valence-electron chi connectivity index (χ0n) is 10.7. The lowest BCUT2D eigenvalue weighted by atomic mass is 10.2. The summed E-state index contributed by atoms with van der Waals surface area (Å²) in [7, 11) is 0. The van der Waals surface area contributed by atoms with E-state index in [4.69, 9.17) is 9.47 Å². The van der Waals surface area contributed by atoms with Crippen molar-refractivity contribution < 1.29 is 14.3 Å². The van der Waals surface area contributed by atoms with Crippen LogP contribution in [0.15, 0.2) is 0 Å². The molecule has 2 unspecified atom stereocenters. The van der Waals surface area contributed by atoms with Crippen molar-refractivity contribution in [1.29, 1.82) is 0 Å². The highest BCUT2D eigenvalue weighted by Crippen LogP contribution is 2.22. The van der Waals surface area contributed by atoms with Gasteiger partial charge in [0.15, 0.2) is 0 Å². The number of carbonyl (C=O) groups is 1. The smallest absolute Gasteiger partial charge is 0.412 e. The summed E-state index contributed by atoms with van der Waals surface area (Å²) in [4.78, 5) is 13.3. The Morgan fingerprint density at radius 1 is 1.44 bits per heavy atom. The van der Waals surface area contributed by atoms with E-state index in [9.17, 15) is 4.79 Å². The molecule has 1 aliphatic heterocycles. The van der Waals surface area contributed by atoms with Gasteiger partial charge in [-0.3, -0.25) is 4.90 Å². The van der Waals surface area contributed by atoms with Gasteiger partial charge in [-0.05, 0) is 27.2 Å². The summed E-state index contributed by atoms with van der Waals surface area (Å²) in [5.41, 5.74) is 0. The van der Waals surface area contributed by atoms with E-state index >= 15 is 0 Å². The second-order valence-corrected chi connectivity index (χ2v) is 4.57. The number of rotatable bonds is 6. The van der Waals surface area contributed by atoms with Crippen molar-refractivity contribution in [2.24, 2.45) is 0 Å². The molecule has 1 heterocycles. The fourth-order valence-electron chi connectivity index (χ4n) is 1.96. The van der Waals surface area contributed by atoms with Crippen molar-refractivity contribution in [1.82, 2.24) is 4.90 Å². The van der Waals surface area contributed by atoms with Crippen molar-refractivity contribution >= 4 is 6.09 Å². The summed E-state index contributed by atoms with van der Waals surface area (Å²) < 4.78 is 10.8.